The summed E-state index contributed by atoms with van der Waals surface area (Å²) in [6, 6.07) is 7.09. The number of carboxylic acids is 1. The maximum atomic E-state index is 11.6. The molecule has 1 unspecified atom stereocenters. The monoisotopic (exact) mass is 328 g/mol. The van der Waals surface area contributed by atoms with Crippen LogP contribution < -0.4 is 0 Å². The molecule has 0 amide bonds. The molecule has 0 saturated carbocycles. The topological polar surface area (TPSA) is 63.6 Å². The van der Waals surface area contributed by atoms with Crippen LogP contribution in [-0.4, -0.2) is 23.7 Å². The first kappa shape index (κ1) is 15.7. The summed E-state index contributed by atoms with van der Waals surface area (Å²) >= 11 is 3.30. The minimum absolute atomic E-state index is 0.232. The molecule has 0 saturated heterocycles. The van der Waals surface area contributed by atoms with E-state index in [1.165, 1.54) is 0 Å². The molecule has 1 rings (SSSR count). The van der Waals surface area contributed by atoms with Crippen LogP contribution in [0.1, 0.15) is 31.7 Å². The lowest BCUT2D eigenvalue weighted by molar-refractivity contribution is -0.148. The summed E-state index contributed by atoms with van der Waals surface area (Å²) in [5, 5.41) is 9.29. The molecule has 0 aromatic heterocycles. The van der Waals surface area contributed by atoms with E-state index in [9.17, 15) is 14.7 Å². The number of carbonyl (C=O) groups excluding carboxylic acids is 1. The first-order valence-corrected chi connectivity index (χ1v) is 6.89. The Morgan fingerprint density at radius 3 is 2.37 bits per heavy atom. The van der Waals surface area contributed by atoms with Crippen molar-refractivity contribution in [2.75, 3.05) is 6.61 Å². The van der Waals surface area contributed by atoms with Gasteiger partial charge in [0.05, 0.1) is 18.4 Å². The van der Waals surface area contributed by atoms with E-state index in [1.54, 1.807) is 38.1 Å². The van der Waals surface area contributed by atoms with Crippen molar-refractivity contribution >= 4 is 27.9 Å². The average Bonchev–Trinajstić information content (AvgIpc) is 2.37. The second kappa shape index (κ2) is 7.28. The maximum Gasteiger partial charge on any atom is 0.310 e. The van der Waals surface area contributed by atoms with Crippen LogP contribution in [0.3, 0.4) is 0 Å². The highest BCUT2D eigenvalue weighted by atomic mass is 79.9. The highest BCUT2D eigenvalue weighted by Crippen LogP contribution is 2.26. The van der Waals surface area contributed by atoms with Gasteiger partial charge in [0.15, 0.2) is 0 Å². The summed E-state index contributed by atoms with van der Waals surface area (Å²) < 4.78 is 5.79. The Morgan fingerprint density at radius 2 is 1.89 bits per heavy atom. The number of rotatable bonds is 6. The lowest BCUT2D eigenvalue weighted by Gasteiger charge is -2.17. The van der Waals surface area contributed by atoms with Crippen LogP contribution in [-0.2, 0) is 14.3 Å². The van der Waals surface area contributed by atoms with Crippen molar-refractivity contribution < 1.29 is 19.4 Å². The summed E-state index contributed by atoms with van der Waals surface area (Å²) in [6.07, 6.45) is 0.232. The third-order valence-corrected chi connectivity index (χ3v) is 3.38. The normalized spacial score (nSPS) is 13.6. The van der Waals surface area contributed by atoms with Crippen molar-refractivity contribution in [3.63, 3.8) is 0 Å². The van der Waals surface area contributed by atoms with Crippen LogP contribution in [0.2, 0.25) is 0 Å². The molecule has 0 aliphatic heterocycles. The zero-order valence-corrected chi connectivity index (χ0v) is 12.5. The van der Waals surface area contributed by atoms with E-state index < -0.39 is 17.8 Å². The maximum absolute atomic E-state index is 11.6. The number of hydrogen-bond acceptors (Lipinski definition) is 3. The van der Waals surface area contributed by atoms with E-state index >= 15 is 0 Å². The lowest BCUT2D eigenvalue weighted by Crippen LogP contribution is -2.21. The number of halogens is 1. The summed E-state index contributed by atoms with van der Waals surface area (Å²) in [6.45, 7) is 3.72. The molecule has 1 aromatic rings. The van der Waals surface area contributed by atoms with Crippen LogP contribution in [0, 0.1) is 5.92 Å². The van der Waals surface area contributed by atoms with Crippen molar-refractivity contribution in [2.45, 2.75) is 26.2 Å². The van der Waals surface area contributed by atoms with E-state index in [-0.39, 0.29) is 12.4 Å². The van der Waals surface area contributed by atoms with Crippen molar-refractivity contribution in [1.29, 1.82) is 0 Å². The van der Waals surface area contributed by atoms with E-state index in [0.29, 0.717) is 12.2 Å². The molecule has 0 aliphatic rings. The fourth-order valence-corrected chi connectivity index (χ4v) is 2.07. The van der Waals surface area contributed by atoms with Crippen molar-refractivity contribution in [2.24, 2.45) is 5.92 Å². The Hall–Kier alpha value is -1.36. The summed E-state index contributed by atoms with van der Waals surface area (Å²) in [5.74, 6) is -2.43. The molecule has 0 spiro atoms. The van der Waals surface area contributed by atoms with Crippen molar-refractivity contribution in [3.05, 3.63) is 34.3 Å². The molecule has 1 N–H and O–H groups in total. The molecule has 4 nitrogen and oxygen atoms in total. The molecule has 0 fully saturated rings. The van der Waals surface area contributed by atoms with Crippen LogP contribution in [0.5, 0.6) is 0 Å². The molecule has 104 valence electrons. The van der Waals surface area contributed by atoms with Crippen LogP contribution in [0.15, 0.2) is 28.7 Å². The van der Waals surface area contributed by atoms with E-state index in [4.69, 9.17) is 4.74 Å². The molecule has 0 radical (unpaired) electrons. The first-order chi connectivity index (χ1) is 8.95. The van der Waals surface area contributed by atoms with E-state index in [1.807, 2.05) is 0 Å². The molecule has 1 aromatic carbocycles. The predicted octanol–water partition coefficient (Wildman–Crippen LogP) is 3.21. The minimum atomic E-state index is -0.932. The second-order valence-electron chi connectivity index (χ2n) is 4.33. The first-order valence-electron chi connectivity index (χ1n) is 6.10. The van der Waals surface area contributed by atoms with Gasteiger partial charge >= 0.3 is 11.9 Å². The van der Waals surface area contributed by atoms with Gasteiger partial charge in [0.25, 0.3) is 0 Å². The van der Waals surface area contributed by atoms with Gasteiger partial charge in [-0.15, -0.1) is 0 Å². The lowest BCUT2D eigenvalue weighted by atomic mass is 9.89. The van der Waals surface area contributed by atoms with E-state index in [0.717, 1.165) is 4.47 Å². The van der Waals surface area contributed by atoms with Crippen LogP contribution in [0.25, 0.3) is 0 Å². The molecule has 0 aliphatic carbocycles. The molecule has 19 heavy (non-hydrogen) atoms. The van der Waals surface area contributed by atoms with Gasteiger partial charge in [-0.05, 0) is 31.0 Å². The third-order valence-electron chi connectivity index (χ3n) is 2.85. The Morgan fingerprint density at radius 1 is 1.32 bits per heavy atom. The molecule has 0 bridgehead atoms. The molecular formula is C14H17BrO4. The molecule has 5 heteroatoms. The third kappa shape index (κ3) is 4.67. The quantitative estimate of drug-likeness (QED) is 0.814. The standard InChI is InChI=1S/C14H17BrO4/c1-3-19-14(18)9(2)8-12(13(16)17)10-4-6-11(15)7-5-10/h4-7,9,12H,3,8H2,1-2H3,(H,16,17)/t9?,12-/m0/s1. The SMILES string of the molecule is CCOC(=O)C(C)C[C@H](C(=O)O)c1ccc(Br)cc1. The average molecular weight is 329 g/mol. The predicted molar refractivity (Wildman–Crippen MR) is 74.9 cm³/mol. The van der Waals surface area contributed by atoms with Crippen LogP contribution in [0.4, 0.5) is 0 Å². The Labute approximate surface area is 120 Å². The van der Waals surface area contributed by atoms with Gasteiger partial charge in [-0.3, -0.25) is 9.59 Å². The van der Waals surface area contributed by atoms with Gasteiger partial charge in [0.1, 0.15) is 0 Å². The van der Waals surface area contributed by atoms with Gasteiger partial charge < -0.3 is 9.84 Å². The van der Waals surface area contributed by atoms with Gasteiger partial charge in [0.2, 0.25) is 0 Å². The smallest absolute Gasteiger partial charge is 0.310 e. The largest absolute Gasteiger partial charge is 0.481 e. The number of esters is 1. The summed E-state index contributed by atoms with van der Waals surface area (Å²) in [7, 11) is 0. The highest BCUT2D eigenvalue weighted by Gasteiger charge is 2.26. The highest BCUT2D eigenvalue weighted by molar-refractivity contribution is 9.10. The second-order valence-corrected chi connectivity index (χ2v) is 5.25. The van der Waals surface area contributed by atoms with Gasteiger partial charge in [-0.2, -0.15) is 0 Å². The summed E-state index contributed by atoms with van der Waals surface area (Å²) in [5.41, 5.74) is 0.687. The Bertz CT molecular complexity index is 441. The number of aliphatic carboxylic acids is 1. The molecule has 2 atom stereocenters. The number of carbonyl (C=O) groups is 2. The zero-order valence-electron chi connectivity index (χ0n) is 10.9. The fraction of sp³-hybridized carbons (Fsp3) is 0.429. The van der Waals surface area contributed by atoms with Crippen LogP contribution >= 0.6 is 15.9 Å². The molecular weight excluding hydrogens is 312 g/mol. The van der Waals surface area contributed by atoms with E-state index in [2.05, 4.69) is 15.9 Å². The van der Waals surface area contributed by atoms with Gasteiger partial charge in [-0.25, -0.2) is 0 Å². The number of hydrogen-bond donors (Lipinski definition) is 1. The number of carboxylic acid groups (broad SMARTS) is 1. The molecule has 0 heterocycles. The van der Waals surface area contributed by atoms with Crippen molar-refractivity contribution in [3.8, 4) is 0 Å². The zero-order chi connectivity index (χ0) is 14.4. The van der Waals surface area contributed by atoms with Crippen molar-refractivity contribution in [1.82, 2.24) is 0 Å². The van der Waals surface area contributed by atoms with Gasteiger partial charge in [0, 0.05) is 4.47 Å². The fourth-order valence-electron chi connectivity index (χ4n) is 1.81. The Balaban J connectivity index is 2.81. The van der Waals surface area contributed by atoms with Gasteiger partial charge in [-0.1, -0.05) is 35.0 Å². The summed E-state index contributed by atoms with van der Waals surface area (Å²) in [4.78, 5) is 22.9. The number of ether oxygens (including phenoxy) is 1. The number of benzene rings is 1. The minimum Gasteiger partial charge on any atom is -0.481 e. The Kier molecular flexibility index (Phi) is 6.02.